The predicted molar refractivity (Wildman–Crippen MR) is 160 cm³/mol. The van der Waals surface area contributed by atoms with Gasteiger partial charge >= 0.3 is 11.9 Å². The number of benzene rings is 2. The summed E-state index contributed by atoms with van der Waals surface area (Å²) in [6.45, 7) is 7.64. The van der Waals surface area contributed by atoms with Gasteiger partial charge in [-0.15, -0.1) is 0 Å². The molecule has 1 atom stereocenters. The number of aromatic nitrogens is 2. The van der Waals surface area contributed by atoms with Crippen molar-refractivity contribution in [2.75, 3.05) is 20.8 Å². The Kier molecular flexibility index (Phi) is 8.00. The number of hydrogen-bond acceptors (Lipinski definition) is 8. The molecule has 2 aromatic carbocycles. The molecule has 42 heavy (non-hydrogen) atoms. The number of thiazole rings is 1. The maximum absolute atomic E-state index is 14.0. The Labute approximate surface area is 246 Å². The van der Waals surface area contributed by atoms with Crippen molar-refractivity contribution in [2.45, 2.75) is 33.7 Å². The van der Waals surface area contributed by atoms with Gasteiger partial charge in [-0.3, -0.25) is 9.36 Å². The van der Waals surface area contributed by atoms with Crippen molar-refractivity contribution in [2.24, 2.45) is 4.99 Å². The minimum absolute atomic E-state index is 0.202. The lowest BCUT2D eigenvalue weighted by Crippen LogP contribution is -2.39. The molecule has 3 heterocycles. The molecule has 0 N–H and O–H groups in total. The van der Waals surface area contributed by atoms with Crippen LogP contribution in [0.25, 0.3) is 11.8 Å². The van der Waals surface area contributed by atoms with Gasteiger partial charge in [-0.25, -0.2) is 14.6 Å². The second-order valence-corrected chi connectivity index (χ2v) is 10.8. The van der Waals surface area contributed by atoms with E-state index in [2.05, 4.69) is 4.99 Å². The van der Waals surface area contributed by atoms with Gasteiger partial charge in [0.05, 0.1) is 48.2 Å². The van der Waals surface area contributed by atoms with E-state index in [4.69, 9.17) is 14.2 Å². The van der Waals surface area contributed by atoms with Crippen LogP contribution in [0.5, 0.6) is 5.75 Å². The highest BCUT2D eigenvalue weighted by molar-refractivity contribution is 7.07. The highest BCUT2D eigenvalue weighted by Gasteiger charge is 2.33. The molecular formula is C32H31N3O6S. The number of hydrogen-bond donors (Lipinski definition) is 0. The Bertz CT molecular complexity index is 1910. The topological polar surface area (TPSA) is 101 Å². The van der Waals surface area contributed by atoms with Crippen molar-refractivity contribution in [1.29, 1.82) is 0 Å². The van der Waals surface area contributed by atoms with E-state index in [1.165, 1.54) is 18.4 Å². The molecular weight excluding hydrogens is 554 g/mol. The van der Waals surface area contributed by atoms with E-state index in [0.717, 1.165) is 28.2 Å². The normalized spacial score (nSPS) is 14.8. The fraction of sp³-hybridized carbons (Fsp3) is 0.250. The summed E-state index contributed by atoms with van der Waals surface area (Å²) in [5.41, 5.74) is 5.25. The number of rotatable bonds is 7. The van der Waals surface area contributed by atoms with E-state index in [0.29, 0.717) is 31.9 Å². The summed E-state index contributed by atoms with van der Waals surface area (Å²) < 4.78 is 19.6. The fourth-order valence-electron chi connectivity index (χ4n) is 5.26. The highest BCUT2D eigenvalue weighted by Crippen LogP contribution is 2.31. The standard InChI is InChI=1S/C32H31N3O6S/c1-7-41-31(38)27-19(3)33-32-35(28(27)21-11-13-25(39-5)14-12-21)29(36)26(42-32)17-23-15-18(2)34(20(23)4)24-10-8-9-22(16-24)30(37)40-6/h8-17,28H,7H2,1-6H3/b26-17+/t28-/m0/s1. The van der Waals surface area contributed by atoms with Gasteiger partial charge in [0.15, 0.2) is 4.80 Å². The van der Waals surface area contributed by atoms with Crippen LogP contribution in [-0.4, -0.2) is 41.9 Å². The van der Waals surface area contributed by atoms with Crippen LogP contribution in [-0.2, 0) is 14.3 Å². The van der Waals surface area contributed by atoms with Crippen molar-refractivity contribution in [3.8, 4) is 11.4 Å². The van der Waals surface area contributed by atoms with E-state index >= 15 is 0 Å². The molecule has 10 heteroatoms. The first-order chi connectivity index (χ1) is 20.2. The van der Waals surface area contributed by atoms with E-state index in [1.807, 2.05) is 48.8 Å². The molecule has 0 saturated heterocycles. The maximum Gasteiger partial charge on any atom is 0.338 e. The fourth-order valence-corrected chi connectivity index (χ4v) is 6.29. The van der Waals surface area contributed by atoms with Crippen molar-refractivity contribution in [3.05, 3.63) is 114 Å². The van der Waals surface area contributed by atoms with Crippen LogP contribution in [0, 0.1) is 13.8 Å². The molecule has 5 rings (SSSR count). The summed E-state index contributed by atoms with van der Waals surface area (Å²) in [6.07, 6.45) is 1.85. The molecule has 0 radical (unpaired) electrons. The van der Waals surface area contributed by atoms with Gasteiger partial charge in [0.2, 0.25) is 0 Å². The molecule has 0 saturated carbocycles. The van der Waals surface area contributed by atoms with Gasteiger partial charge in [0, 0.05) is 17.1 Å². The largest absolute Gasteiger partial charge is 0.497 e. The van der Waals surface area contributed by atoms with Gasteiger partial charge < -0.3 is 18.8 Å². The smallest absolute Gasteiger partial charge is 0.338 e. The summed E-state index contributed by atoms with van der Waals surface area (Å²) in [7, 11) is 2.94. The first-order valence-corrected chi connectivity index (χ1v) is 14.2. The third-order valence-electron chi connectivity index (χ3n) is 7.23. The number of esters is 2. The lowest BCUT2D eigenvalue weighted by Gasteiger charge is -2.24. The SMILES string of the molecule is CCOC(=O)C1=C(C)N=c2s/c(=C/c3cc(C)n(-c4cccc(C(=O)OC)c4)c3C)c(=O)n2[C@H]1c1ccc(OC)cc1. The number of allylic oxidation sites excluding steroid dienone is 1. The van der Waals surface area contributed by atoms with Crippen LogP contribution in [0.1, 0.15) is 52.8 Å². The maximum atomic E-state index is 14.0. The summed E-state index contributed by atoms with van der Waals surface area (Å²) in [5, 5.41) is 0. The zero-order chi connectivity index (χ0) is 30.1. The molecule has 0 spiro atoms. The van der Waals surface area contributed by atoms with Crippen LogP contribution in [0.2, 0.25) is 0 Å². The minimum Gasteiger partial charge on any atom is -0.497 e. The average molecular weight is 586 g/mol. The van der Waals surface area contributed by atoms with E-state index in [9.17, 15) is 14.4 Å². The first-order valence-electron chi connectivity index (χ1n) is 13.4. The number of carbonyl (C=O) groups is 2. The third-order valence-corrected chi connectivity index (χ3v) is 8.21. The molecule has 1 aliphatic rings. The summed E-state index contributed by atoms with van der Waals surface area (Å²) >= 11 is 1.27. The zero-order valence-electron chi connectivity index (χ0n) is 24.3. The Morgan fingerprint density at radius 3 is 2.43 bits per heavy atom. The Morgan fingerprint density at radius 1 is 1.02 bits per heavy atom. The lowest BCUT2D eigenvalue weighted by molar-refractivity contribution is -0.139. The Hall–Kier alpha value is -4.70. The quantitative estimate of drug-likeness (QED) is 0.304. The van der Waals surface area contributed by atoms with Gasteiger partial charge in [-0.1, -0.05) is 29.5 Å². The molecule has 0 amide bonds. The van der Waals surface area contributed by atoms with Crippen LogP contribution in [0.3, 0.4) is 0 Å². The summed E-state index contributed by atoms with van der Waals surface area (Å²) in [6, 6.07) is 15.8. The average Bonchev–Trinajstić information content (AvgIpc) is 3.45. The predicted octanol–water partition coefficient (Wildman–Crippen LogP) is 4.00. The van der Waals surface area contributed by atoms with E-state index in [1.54, 1.807) is 55.9 Å². The highest BCUT2D eigenvalue weighted by atomic mass is 32.1. The zero-order valence-corrected chi connectivity index (χ0v) is 25.1. The lowest BCUT2D eigenvalue weighted by atomic mass is 9.96. The second kappa shape index (κ2) is 11.7. The second-order valence-electron chi connectivity index (χ2n) is 9.78. The molecule has 0 unspecified atom stereocenters. The molecule has 0 fully saturated rings. The molecule has 0 aliphatic carbocycles. The molecule has 4 aromatic rings. The number of nitrogens with zero attached hydrogens (tertiary/aromatic N) is 3. The number of carbonyl (C=O) groups excluding carboxylic acids is 2. The van der Waals surface area contributed by atoms with E-state index in [-0.39, 0.29) is 12.2 Å². The molecule has 2 aromatic heterocycles. The third kappa shape index (κ3) is 5.09. The van der Waals surface area contributed by atoms with Crippen molar-refractivity contribution >= 4 is 29.4 Å². The van der Waals surface area contributed by atoms with Crippen LogP contribution in [0.4, 0.5) is 0 Å². The molecule has 1 aliphatic heterocycles. The number of fused-ring (bicyclic) bond motifs is 1. The van der Waals surface area contributed by atoms with Gasteiger partial charge in [0.25, 0.3) is 5.56 Å². The van der Waals surface area contributed by atoms with Crippen LogP contribution >= 0.6 is 11.3 Å². The van der Waals surface area contributed by atoms with Crippen molar-refractivity contribution < 1.29 is 23.8 Å². The monoisotopic (exact) mass is 585 g/mol. The summed E-state index contributed by atoms with van der Waals surface area (Å²) in [5.74, 6) is -0.256. The Balaban J connectivity index is 1.66. The van der Waals surface area contributed by atoms with Crippen LogP contribution in [0.15, 0.2) is 75.7 Å². The summed E-state index contributed by atoms with van der Waals surface area (Å²) in [4.78, 5) is 44.4. The molecule has 0 bridgehead atoms. The first kappa shape index (κ1) is 28.8. The molecule has 9 nitrogen and oxygen atoms in total. The number of aryl methyl sites for hydroxylation is 1. The number of methoxy groups -OCH3 is 2. The van der Waals surface area contributed by atoms with Crippen molar-refractivity contribution in [3.63, 3.8) is 0 Å². The van der Waals surface area contributed by atoms with E-state index < -0.39 is 18.0 Å². The van der Waals surface area contributed by atoms with Gasteiger partial charge in [-0.2, -0.15) is 0 Å². The molecule has 216 valence electrons. The van der Waals surface area contributed by atoms with Crippen molar-refractivity contribution in [1.82, 2.24) is 9.13 Å². The Morgan fingerprint density at radius 2 is 1.76 bits per heavy atom. The van der Waals surface area contributed by atoms with Crippen LogP contribution < -0.4 is 19.6 Å². The van der Waals surface area contributed by atoms with Gasteiger partial charge in [-0.05, 0) is 81.3 Å². The van der Waals surface area contributed by atoms with Gasteiger partial charge in [0.1, 0.15) is 5.75 Å². The number of ether oxygens (including phenoxy) is 3. The minimum atomic E-state index is -0.707.